The van der Waals surface area contributed by atoms with Crippen molar-refractivity contribution in [3.8, 4) is 0 Å². The highest BCUT2D eigenvalue weighted by Crippen LogP contribution is 2.40. The minimum absolute atomic E-state index is 0.149. The van der Waals surface area contributed by atoms with Crippen LogP contribution in [0.3, 0.4) is 0 Å². The fraction of sp³-hybridized carbons (Fsp3) is 0.308. The van der Waals surface area contributed by atoms with Crippen molar-refractivity contribution >= 4 is 17.6 Å². The molecular formula is C26H29N3O6. The molecule has 1 aliphatic heterocycles. The number of ether oxygens (including phenoxy) is 2. The largest absolute Gasteiger partial charge is 0.466 e. The number of nitrogens with one attached hydrogen (secondary N) is 1. The van der Waals surface area contributed by atoms with E-state index in [0.29, 0.717) is 23.5 Å². The molecule has 0 saturated carbocycles. The van der Waals surface area contributed by atoms with Crippen LogP contribution < -0.4 is 5.32 Å². The minimum atomic E-state index is -0.900. The van der Waals surface area contributed by atoms with Crippen LogP contribution in [0.25, 0.3) is 0 Å². The summed E-state index contributed by atoms with van der Waals surface area (Å²) < 4.78 is 10.8. The Labute approximate surface area is 204 Å². The predicted molar refractivity (Wildman–Crippen MR) is 130 cm³/mol. The number of rotatable bonds is 8. The van der Waals surface area contributed by atoms with Crippen molar-refractivity contribution in [1.29, 1.82) is 0 Å². The van der Waals surface area contributed by atoms with E-state index in [4.69, 9.17) is 9.47 Å². The summed E-state index contributed by atoms with van der Waals surface area (Å²) in [7, 11) is 3.09. The van der Waals surface area contributed by atoms with Gasteiger partial charge in [0.05, 0.1) is 29.1 Å². The van der Waals surface area contributed by atoms with E-state index < -0.39 is 29.0 Å². The molecule has 184 valence electrons. The van der Waals surface area contributed by atoms with Gasteiger partial charge in [0.15, 0.2) is 6.23 Å². The number of methoxy groups -OCH3 is 1. The number of allylic oxidation sites excluding steroid dienone is 2. The normalized spacial score (nSPS) is 16.6. The van der Waals surface area contributed by atoms with Gasteiger partial charge in [0.2, 0.25) is 0 Å². The quantitative estimate of drug-likeness (QED) is 0.262. The molecule has 0 fully saturated rings. The average molecular weight is 480 g/mol. The smallest absolute Gasteiger partial charge is 0.338 e. The van der Waals surface area contributed by atoms with Crippen molar-refractivity contribution in [2.45, 2.75) is 39.5 Å². The van der Waals surface area contributed by atoms with E-state index >= 15 is 0 Å². The molecule has 1 heterocycles. The van der Waals surface area contributed by atoms with Crippen molar-refractivity contribution in [3.05, 3.63) is 98.4 Å². The Morgan fingerprint density at radius 3 is 2.29 bits per heavy atom. The highest BCUT2D eigenvalue weighted by Gasteiger charge is 2.39. The molecule has 0 aromatic heterocycles. The van der Waals surface area contributed by atoms with Gasteiger partial charge in [0.1, 0.15) is 0 Å². The molecule has 0 saturated heterocycles. The Morgan fingerprint density at radius 2 is 1.69 bits per heavy atom. The van der Waals surface area contributed by atoms with Crippen LogP contribution in [-0.2, 0) is 25.6 Å². The Bertz CT molecular complexity index is 1190. The maximum absolute atomic E-state index is 13.5. The zero-order valence-corrected chi connectivity index (χ0v) is 20.4. The number of nitro benzene ring substituents is 1. The molecule has 0 radical (unpaired) electrons. The SMILES string of the molecule is COC(=O)C1=C(C)NC(C)=C(C(=O)OC(C)N(C)Cc2ccccc2)C1c1cccc([N+](=O)[O-])c1. The number of carbonyl (C=O) groups is 2. The summed E-state index contributed by atoms with van der Waals surface area (Å²) in [5, 5.41) is 14.5. The lowest BCUT2D eigenvalue weighted by Crippen LogP contribution is -2.37. The first-order valence-corrected chi connectivity index (χ1v) is 11.1. The number of dihydropyridines is 1. The van der Waals surface area contributed by atoms with Gasteiger partial charge in [-0.15, -0.1) is 0 Å². The molecule has 1 aliphatic rings. The summed E-state index contributed by atoms with van der Waals surface area (Å²) in [5.74, 6) is -2.17. The van der Waals surface area contributed by atoms with E-state index in [-0.39, 0.29) is 16.8 Å². The van der Waals surface area contributed by atoms with Crippen LogP contribution in [0.5, 0.6) is 0 Å². The van der Waals surface area contributed by atoms with Gasteiger partial charge in [-0.1, -0.05) is 42.5 Å². The van der Waals surface area contributed by atoms with Crippen LogP contribution in [-0.4, -0.2) is 42.1 Å². The standard InChI is InChI=1S/C26H29N3O6/c1-16-22(25(30)34-5)24(20-12-9-13-21(14-20)29(32)33)23(17(2)27-16)26(31)35-18(3)28(4)15-19-10-7-6-8-11-19/h6-14,18,24,27H,15H2,1-5H3. The maximum atomic E-state index is 13.5. The molecule has 0 spiro atoms. The molecule has 1 N–H and O–H groups in total. The van der Waals surface area contributed by atoms with Gasteiger partial charge in [-0.3, -0.25) is 15.0 Å². The third-order valence-corrected chi connectivity index (χ3v) is 5.97. The summed E-state index contributed by atoms with van der Waals surface area (Å²) in [6.07, 6.45) is -0.581. The van der Waals surface area contributed by atoms with Gasteiger partial charge < -0.3 is 14.8 Å². The molecule has 9 nitrogen and oxygen atoms in total. The lowest BCUT2D eigenvalue weighted by Gasteiger charge is -2.32. The van der Waals surface area contributed by atoms with E-state index in [1.54, 1.807) is 26.8 Å². The second-order valence-corrected chi connectivity index (χ2v) is 8.38. The first-order valence-electron chi connectivity index (χ1n) is 11.1. The molecule has 2 aromatic rings. The number of hydrogen-bond donors (Lipinski definition) is 1. The molecule has 9 heteroatoms. The first-order chi connectivity index (χ1) is 16.6. The number of benzene rings is 2. The number of hydrogen-bond acceptors (Lipinski definition) is 8. The van der Waals surface area contributed by atoms with Gasteiger partial charge in [0.25, 0.3) is 5.69 Å². The topological polar surface area (TPSA) is 111 Å². The fourth-order valence-corrected chi connectivity index (χ4v) is 4.10. The summed E-state index contributed by atoms with van der Waals surface area (Å²) >= 11 is 0. The first kappa shape index (κ1) is 25.6. The lowest BCUT2D eigenvalue weighted by molar-refractivity contribution is -0.384. The Hall–Kier alpha value is -3.98. The van der Waals surface area contributed by atoms with Crippen LogP contribution in [0.1, 0.15) is 37.8 Å². The van der Waals surface area contributed by atoms with Crippen molar-refractivity contribution in [1.82, 2.24) is 10.2 Å². The molecule has 0 amide bonds. The van der Waals surface area contributed by atoms with Crippen LogP contribution in [0.2, 0.25) is 0 Å². The summed E-state index contributed by atoms with van der Waals surface area (Å²) in [4.78, 5) is 39.0. The molecule has 2 unspecified atom stereocenters. The molecule has 2 atom stereocenters. The van der Waals surface area contributed by atoms with E-state index in [1.807, 2.05) is 42.3 Å². The van der Waals surface area contributed by atoms with Crippen molar-refractivity contribution in [3.63, 3.8) is 0 Å². The molecule has 0 aliphatic carbocycles. The number of nitro groups is 1. The molecule has 2 aromatic carbocycles. The van der Waals surface area contributed by atoms with E-state index in [2.05, 4.69) is 5.32 Å². The molecule has 35 heavy (non-hydrogen) atoms. The monoisotopic (exact) mass is 479 g/mol. The third-order valence-electron chi connectivity index (χ3n) is 5.97. The summed E-state index contributed by atoms with van der Waals surface area (Å²) in [5.41, 5.74) is 2.70. The summed E-state index contributed by atoms with van der Waals surface area (Å²) in [6.45, 7) is 5.72. The van der Waals surface area contributed by atoms with Gasteiger partial charge in [-0.25, -0.2) is 9.59 Å². The second kappa shape index (κ2) is 11.0. The minimum Gasteiger partial charge on any atom is -0.466 e. The van der Waals surface area contributed by atoms with Crippen LogP contribution in [0.4, 0.5) is 5.69 Å². The van der Waals surface area contributed by atoms with Crippen molar-refractivity contribution in [2.75, 3.05) is 14.2 Å². The fourth-order valence-electron chi connectivity index (χ4n) is 4.10. The number of esters is 2. The number of carbonyl (C=O) groups excluding carboxylic acids is 2. The molecular weight excluding hydrogens is 450 g/mol. The van der Waals surface area contributed by atoms with Crippen LogP contribution in [0, 0.1) is 10.1 Å². The van der Waals surface area contributed by atoms with Gasteiger partial charge >= 0.3 is 11.9 Å². The highest BCUT2D eigenvalue weighted by atomic mass is 16.6. The Balaban J connectivity index is 1.96. The van der Waals surface area contributed by atoms with Crippen LogP contribution >= 0.6 is 0 Å². The maximum Gasteiger partial charge on any atom is 0.338 e. The summed E-state index contributed by atoms with van der Waals surface area (Å²) in [6, 6.07) is 15.7. The number of nitrogens with zero attached hydrogens (tertiary/aromatic N) is 2. The van der Waals surface area contributed by atoms with E-state index in [1.165, 1.54) is 25.3 Å². The zero-order chi connectivity index (χ0) is 25.7. The lowest BCUT2D eigenvalue weighted by atomic mass is 9.80. The predicted octanol–water partition coefficient (Wildman–Crippen LogP) is 4.02. The highest BCUT2D eigenvalue weighted by molar-refractivity contribution is 6.00. The average Bonchev–Trinajstić information content (AvgIpc) is 2.83. The van der Waals surface area contributed by atoms with Crippen molar-refractivity contribution < 1.29 is 24.0 Å². The van der Waals surface area contributed by atoms with Gasteiger partial charge in [0, 0.05) is 30.1 Å². The second-order valence-electron chi connectivity index (χ2n) is 8.38. The number of non-ortho nitro benzene ring substituents is 1. The van der Waals surface area contributed by atoms with Crippen LogP contribution in [0.15, 0.2) is 77.1 Å². The van der Waals surface area contributed by atoms with Crippen molar-refractivity contribution in [2.24, 2.45) is 0 Å². The molecule has 0 bridgehead atoms. The Morgan fingerprint density at radius 1 is 1.06 bits per heavy atom. The van der Waals surface area contributed by atoms with E-state index in [0.717, 1.165) is 5.56 Å². The Kier molecular flexibility index (Phi) is 8.03. The van der Waals surface area contributed by atoms with E-state index in [9.17, 15) is 19.7 Å². The molecule has 3 rings (SSSR count). The van der Waals surface area contributed by atoms with Gasteiger partial charge in [-0.05, 0) is 38.9 Å². The van der Waals surface area contributed by atoms with Gasteiger partial charge in [-0.2, -0.15) is 0 Å². The third kappa shape index (κ3) is 5.75. The zero-order valence-electron chi connectivity index (χ0n) is 20.4.